The van der Waals surface area contributed by atoms with Crippen LogP contribution in [-0.4, -0.2) is 29.9 Å². The molecule has 4 heteroatoms. The number of nitrogens with two attached hydrogens (primary N) is 1. The summed E-state index contributed by atoms with van der Waals surface area (Å²) in [4.78, 5) is 15.0. The minimum absolute atomic E-state index is 0. The van der Waals surface area contributed by atoms with Crippen LogP contribution in [0.3, 0.4) is 0 Å². The Labute approximate surface area is 141 Å². The quantitative estimate of drug-likeness (QED) is 0.862. The van der Waals surface area contributed by atoms with Crippen LogP contribution in [0, 0.1) is 29.6 Å². The van der Waals surface area contributed by atoms with E-state index in [0.29, 0.717) is 23.8 Å². The summed E-state index contributed by atoms with van der Waals surface area (Å²) in [6, 6.07) is 0.370. The molecule has 3 rings (SSSR count). The highest BCUT2D eigenvalue weighted by atomic mass is 35.5. The first-order valence-corrected chi connectivity index (χ1v) is 9.09. The Morgan fingerprint density at radius 3 is 2.41 bits per heavy atom. The smallest absolute Gasteiger partial charge is 0.225 e. The van der Waals surface area contributed by atoms with Gasteiger partial charge in [-0.05, 0) is 62.2 Å². The maximum absolute atomic E-state index is 12.9. The largest absolute Gasteiger partial charge is 0.342 e. The van der Waals surface area contributed by atoms with Gasteiger partial charge in [0.25, 0.3) is 0 Å². The van der Waals surface area contributed by atoms with E-state index in [2.05, 4.69) is 18.7 Å². The van der Waals surface area contributed by atoms with Crippen molar-refractivity contribution in [2.45, 2.75) is 64.8 Å². The molecule has 22 heavy (non-hydrogen) atoms. The second-order valence-corrected chi connectivity index (χ2v) is 8.27. The van der Waals surface area contributed by atoms with Gasteiger partial charge in [-0.3, -0.25) is 4.79 Å². The molecule has 3 aliphatic rings. The molecule has 1 saturated heterocycles. The van der Waals surface area contributed by atoms with E-state index in [1.807, 2.05) is 0 Å². The van der Waals surface area contributed by atoms with Gasteiger partial charge in [-0.1, -0.05) is 20.3 Å². The highest BCUT2D eigenvalue weighted by molar-refractivity contribution is 5.85. The summed E-state index contributed by atoms with van der Waals surface area (Å²) >= 11 is 0. The summed E-state index contributed by atoms with van der Waals surface area (Å²) in [7, 11) is 0. The minimum atomic E-state index is 0. The minimum Gasteiger partial charge on any atom is -0.342 e. The van der Waals surface area contributed by atoms with Crippen LogP contribution in [0.4, 0.5) is 0 Å². The lowest BCUT2D eigenvalue weighted by Gasteiger charge is -2.44. The Bertz CT molecular complexity index is 373. The number of halogens is 1. The van der Waals surface area contributed by atoms with Gasteiger partial charge < -0.3 is 10.6 Å². The fraction of sp³-hybridized carbons (Fsp3) is 0.944. The fourth-order valence-electron chi connectivity index (χ4n) is 5.14. The van der Waals surface area contributed by atoms with E-state index < -0.39 is 0 Å². The number of amides is 1. The highest BCUT2D eigenvalue weighted by Gasteiger charge is 2.42. The van der Waals surface area contributed by atoms with Crippen molar-refractivity contribution < 1.29 is 4.79 Å². The van der Waals surface area contributed by atoms with Crippen LogP contribution in [0.5, 0.6) is 0 Å². The lowest BCUT2D eigenvalue weighted by molar-refractivity contribution is -0.137. The van der Waals surface area contributed by atoms with Crippen LogP contribution < -0.4 is 5.73 Å². The van der Waals surface area contributed by atoms with Gasteiger partial charge in [0.2, 0.25) is 5.91 Å². The van der Waals surface area contributed by atoms with E-state index in [-0.39, 0.29) is 18.3 Å². The molecule has 1 heterocycles. The first kappa shape index (κ1) is 18.1. The molecular weight excluding hydrogens is 296 g/mol. The maximum atomic E-state index is 12.9. The predicted octanol–water partition coefficient (Wildman–Crippen LogP) is 3.46. The summed E-state index contributed by atoms with van der Waals surface area (Å²) in [5.41, 5.74) is 6.35. The van der Waals surface area contributed by atoms with Crippen molar-refractivity contribution in [2.75, 3.05) is 13.1 Å². The molecule has 0 aromatic carbocycles. The van der Waals surface area contributed by atoms with Crippen LogP contribution in [0.25, 0.3) is 0 Å². The highest BCUT2D eigenvalue weighted by Crippen LogP contribution is 2.42. The SMILES string of the molecule is CC(C)CC1CCN(C(=O)C2CC3CCCC(C2)C3N)C1.Cl. The lowest BCUT2D eigenvalue weighted by atomic mass is 9.65. The van der Waals surface area contributed by atoms with Crippen LogP contribution in [0.2, 0.25) is 0 Å². The molecule has 2 aliphatic carbocycles. The van der Waals surface area contributed by atoms with Gasteiger partial charge in [-0.25, -0.2) is 0 Å². The molecule has 0 aromatic heterocycles. The fourth-order valence-corrected chi connectivity index (χ4v) is 5.14. The van der Waals surface area contributed by atoms with Gasteiger partial charge in [0, 0.05) is 25.0 Å². The number of carbonyl (C=O) groups is 1. The Kier molecular flexibility index (Phi) is 6.18. The average Bonchev–Trinajstić information content (AvgIpc) is 2.85. The zero-order valence-corrected chi connectivity index (χ0v) is 15.0. The zero-order valence-electron chi connectivity index (χ0n) is 14.2. The van der Waals surface area contributed by atoms with E-state index in [1.165, 1.54) is 32.1 Å². The molecule has 2 saturated carbocycles. The van der Waals surface area contributed by atoms with Crippen molar-refractivity contribution in [1.29, 1.82) is 0 Å². The monoisotopic (exact) mass is 328 g/mol. The third kappa shape index (κ3) is 3.79. The molecule has 3 fully saturated rings. The van der Waals surface area contributed by atoms with Crippen molar-refractivity contribution in [3.05, 3.63) is 0 Å². The Hall–Kier alpha value is -0.280. The summed E-state index contributed by atoms with van der Waals surface area (Å²) in [6.07, 6.45) is 8.41. The number of carbonyl (C=O) groups excluding carboxylic acids is 1. The van der Waals surface area contributed by atoms with Crippen LogP contribution in [0.15, 0.2) is 0 Å². The molecule has 0 spiro atoms. The van der Waals surface area contributed by atoms with Gasteiger partial charge in [0.05, 0.1) is 0 Å². The molecule has 0 aromatic rings. The zero-order chi connectivity index (χ0) is 15.0. The lowest BCUT2D eigenvalue weighted by Crippen LogP contribution is -2.49. The van der Waals surface area contributed by atoms with Gasteiger partial charge >= 0.3 is 0 Å². The Morgan fingerprint density at radius 1 is 1.18 bits per heavy atom. The molecule has 2 bridgehead atoms. The summed E-state index contributed by atoms with van der Waals surface area (Å²) in [5.74, 6) is 3.43. The molecule has 3 unspecified atom stereocenters. The van der Waals surface area contributed by atoms with Crippen molar-refractivity contribution in [3.8, 4) is 0 Å². The molecule has 3 atom stereocenters. The molecular formula is C18H33ClN2O. The maximum Gasteiger partial charge on any atom is 0.225 e. The normalized spacial score (nSPS) is 38.0. The van der Waals surface area contributed by atoms with Crippen LogP contribution in [-0.2, 0) is 4.79 Å². The third-order valence-corrected chi connectivity index (χ3v) is 6.16. The van der Waals surface area contributed by atoms with E-state index in [9.17, 15) is 4.79 Å². The topological polar surface area (TPSA) is 46.3 Å². The van der Waals surface area contributed by atoms with Gasteiger partial charge in [0.1, 0.15) is 0 Å². The van der Waals surface area contributed by atoms with Crippen molar-refractivity contribution in [3.63, 3.8) is 0 Å². The Morgan fingerprint density at radius 2 is 1.82 bits per heavy atom. The second-order valence-electron chi connectivity index (χ2n) is 8.27. The average molecular weight is 329 g/mol. The summed E-state index contributed by atoms with van der Waals surface area (Å²) < 4.78 is 0. The number of likely N-dealkylation sites (tertiary alicyclic amines) is 1. The predicted molar refractivity (Wildman–Crippen MR) is 92.9 cm³/mol. The molecule has 3 nitrogen and oxygen atoms in total. The van der Waals surface area contributed by atoms with Crippen molar-refractivity contribution >= 4 is 18.3 Å². The number of nitrogens with zero attached hydrogens (tertiary/aromatic N) is 1. The summed E-state index contributed by atoms with van der Waals surface area (Å²) in [5, 5.41) is 0. The molecule has 2 N–H and O–H groups in total. The number of fused-ring (bicyclic) bond motifs is 2. The van der Waals surface area contributed by atoms with E-state index in [1.54, 1.807) is 0 Å². The summed E-state index contributed by atoms with van der Waals surface area (Å²) in [6.45, 7) is 6.57. The molecule has 0 radical (unpaired) electrons. The van der Waals surface area contributed by atoms with Gasteiger partial charge in [-0.15, -0.1) is 12.4 Å². The second kappa shape index (κ2) is 7.53. The Balaban J connectivity index is 0.00000176. The van der Waals surface area contributed by atoms with Crippen LogP contribution in [0.1, 0.15) is 58.8 Å². The molecule has 128 valence electrons. The first-order chi connectivity index (χ1) is 10.0. The standard InChI is InChI=1S/C18H32N2O.ClH/c1-12(2)8-13-6-7-20(11-13)18(21)16-9-14-4-3-5-15(10-16)17(14)19;/h12-17H,3-11,19H2,1-2H3;1H. The molecule has 1 amide bonds. The van der Waals surface area contributed by atoms with E-state index >= 15 is 0 Å². The number of rotatable bonds is 3. The first-order valence-electron chi connectivity index (χ1n) is 9.09. The van der Waals surface area contributed by atoms with Gasteiger partial charge in [0.15, 0.2) is 0 Å². The number of hydrogen-bond acceptors (Lipinski definition) is 2. The van der Waals surface area contributed by atoms with Crippen LogP contribution >= 0.6 is 12.4 Å². The van der Waals surface area contributed by atoms with Gasteiger partial charge in [-0.2, -0.15) is 0 Å². The van der Waals surface area contributed by atoms with Crippen molar-refractivity contribution in [2.24, 2.45) is 35.3 Å². The van der Waals surface area contributed by atoms with E-state index in [0.717, 1.165) is 37.8 Å². The van der Waals surface area contributed by atoms with Crippen molar-refractivity contribution in [1.82, 2.24) is 4.90 Å². The van der Waals surface area contributed by atoms with E-state index in [4.69, 9.17) is 5.73 Å². The number of hydrogen-bond donors (Lipinski definition) is 1. The third-order valence-electron chi connectivity index (χ3n) is 6.16. The molecule has 1 aliphatic heterocycles.